The van der Waals surface area contributed by atoms with Crippen molar-refractivity contribution in [3.05, 3.63) is 0 Å². The highest BCUT2D eigenvalue weighted by atomic mass is 19.4. The Morgan fingerprint density at radius 3 is 1.78 bits per heavy atom. The Labute approximate surface area is 45.3 Å². The van der Waals surface area contributed by atoms with E-state index in [1.165, 1.54) is 0 Å². The first-order valence-corrected chi connectivity index (χ1v) is 1.46. The third-order valence-corrected chi connectivity index (χ3v) is 0.265. The summed E-state index contributed by atoms with van der Waals surface area (Å²) < 4.78 is 53.7. The van der Waals surface area contributed by atoms with Crippen LogP contribution < -0.4 is 0 Å². The molecule has 0 heterocycles. The zero-order valence-electron chi connectivity index (χ0n) is 3.65. The van der Waals surface area contributed by atoms with Crippen molar-refractivity contribution in [2.24, 2.45) is 0 Å². The topological polar surface area (TPSA) is 21.7 Å². The van der Waals surface area contributed by atoms with E-state index in [1.54, 1.807) is 4.94 Å². The highest BCUT2D eigenvalue weighted by Crippen LogP contribution is 2.19. The predicted molar refractivity (Wildman–Crippen MR) is 12.3 cm³/mol. The summed E-state index contributed by atoms with van der Waals surface area (Å²) in [5.74, 6) is 0. The van der Waals surface area contributed by atoms with Crippen LogP contribution in [0.2, 0.25) is 0 Å². The summed E-state index contributed by atoms with van der Waals surface area (Å²) in [6, 6.07) is 0. The van der Waals surface area contributed by atoms with Crippen molar-refractivity contribution in [3.63, 3.8) is 0 Å². The maximum atomic E-state index is 11.1. The zero-order chi connectivity index (χ0) is 7.49. The highest BCUT2D eigenvalue weighted by Gasteiger charge is 2.38. The van der Waals surface area contributed by atoms with Gasteiger partial charge in [0, 0.05) is 0 Å². The van der Waals surface area contributed by atoms with Crippen LogP contribution in [0.1, 0.15) is 0 Å². The Morgan fingerprint density at radius 2 is 1.67 bits per heavy atom. The van der Waals surface area contributed by atoms with Gasteiger partial charge in [0.05, 0.1) is 0 Å². The van der Waals surface area contributed by atoms with E-state index in [0.717, 1.165) is 0 Å². The second-order valence-corrected chi connectivity index (χ2v) is 0.834. The Kier molecular flexibility index (Phi) is 2.74. The van der Waals surface area contributed by atoms with Gasteiger partial charge >= 0.3 is 6.29 Å². The fourth-order valence-corrected chi connectivity index (χ4v) is 0.0944. The van der Waals surface area contributed by atoms with Gasteiger partial charge in [-0.3, -0.25) is 0 Å². The summed E-state index contributed by atoms with van der Waals surface area (Å²) in [7, 11) is 0. The van der Waals surface area contributed by atoms with Gasteiger partial charge in [-0.15, -0.1) is 13.6 Å². The molecule has 3 nitrogen and oxygen atoms in total. The van der Waals surface area contributed by atoms with Crippen LogP contribution in [0, 0.1) is 0 Å². The molecule has 0 aromatic carbocycles. The van der Waals surface area contributed by atoms with Crippen LogP contribution in [0.5, 0.6) is 0 Å². The molecule has 0 aromatic heterocycles. The lowest BCUT2D eigenvalue weighted by Gasteiger charge is -2.07. The van der Waals surface area contributed by atoms with Crippen LogP contribution in [-0.4, -0.2) is 11.8 Å². The molecular formula is CF5NO2. The van der Waals surface area contributed by atoms with Crippen molar-refractivity contribution >= 4 is 0 Å². The van der Waals surface area contributed by atoms with Gasteiger partial charge in [0.2, 0.25) is 0 Å². The molecule has 0 aromatic rings. The number of halogens is 5. The van der Waals surface area contributed by atoms with E-state index < -0.39 is 11.8 Å². The van der Waals surface area contributed by atoms with Gasteiger partial charge in [-0.2, -0.15) is 0 Å². The molecule has 0 N–H and O–H groups in total. The van der Waals surface area contributed by atoms with E-state index in [4.69, 9.17) is 0 Å². The van der Waals surface area contributed by atoms with E-state index in [2.05, 4.69) is 4.84 Å². The normalized spacial score (nSPS) is 12.7. The molecule has 0 amide bonds. The number of rotatable bonds is 3. The third kappa shape index (κ3) is 4.06. The molecule has 0 aliphatic heterocycles. The van der Waals surface area contributed by atoms with Crippen molar-refractivity contribution in [1.82, 2.24) is 5.51 Å². The quantitative estimate of drug-likeness (QED) is 0.265. The molecule has 8 heteroatoms. The minimum atomic E-state index is -4.93. The molecule has 0 radical (unpaired) electrons. The highest BCUT2D eigenvalue weighted by molar-refractivity contribution is 4.16. The van der Waals surface area contributed by atoms with Crippen LogP contribution in [0.15, 0.2) is 0 Å². The summed E-state index contributed by atoms with van der Waals surface area (Å²) in [6.07, 6.45) is -4.93. The van der Waals surface area contributed by atoms with Gasteiger partial charge in [0.1, 0.15) is 0 Å². The molecule has 0 aliphatic carbocycles. The van der Waals surface area contributed by atoms with Gasteiger partial charge < -0.3 is 0 Å². The molecule has 9 heavy (non-hydrogen) atoms. The number of alkyl halides is 2. The van der Waals surface area contributed by atoms with E-state index in [-0.39, 0.29) is 0 Å². The monoisotopic (exact) mass is 153 g/mol. The van der Waals surface area contributed by atoms with Gasteiger partial charge in [-0.1, -0.05) is 13.9 Å². The Balaban J connectivity index is 3.58. The Morgan fingerprint density at radius 1 is 1.22 bits per heavy atom. The van der Waals surface area contributed by atoms with Crippen molar-refractivity contribution in [1.29, 1.82) is 0 Å². The van der Waals surface area contributed by atoms with Gasteiger partial charge in [0.15, 0.2) is 5.51 Å². The average Bonchev–Trinajstić information content (AvgIpc) is 1.63. The van der Waals surface area contributed by atoms with Crippen molar-refractivity contribution in [2.45, 2.75) is 6.29 Å². The number of nitrogens with zero attached hydrogens (tertiary/aromatic N) is 1. The fourth-order valence-electron chi connectivity index (χ4n) is 0.0944. The van der Waals surface area contributed by atoms with Crippen LogP contribution in [0.25, 0.3) is 0 Å². The van der Waals surface area contributed by atoms with E-state index in [1.807, 2.05) is 0 Å². The van der Waals surface area contributed by atoms with Crippen LogP contribution in [-0.2, 0) is 9.78 Å². The van der Waals surface area contributed by atoms with Gasteiger partial charge in [-0.05, 0) is 4.53 Å². The summed E-state index contributed by atoms with van der Waals surface area (Å²) in [6.45, 7) is 0. The van der Waals surface area contributed by atoms with E-state index in [9.17, 15) is 22.3 Å². The number of hydrogen-bond donors (Lipinski definition) is 0. The van der Waals surface area contributed by atoms with E-state index in [0.29, 0.717) is 0 Å². The third-order valence-electron chi connectivity index (χ3n) is 0.265. The number of hydrogen-bond acceptors (Lipinski definition) is 3. The van der Waals surface area contributed by atoms with Crippen LogP contribution in [0.4, 0.5) is 22.3 Å². The minimum Gasteiger partial charge on any atom is -0.144 e. The molecule has 0 saturated heterocycles. The zero-order valence-corrected chi connectivity index (χ0v) is 3.65. The Hall–Kier alpha value is -0.470. The molecule has 0 atom stereocenters. The molecule has 0 bridgehead atoms. The lowest BCUT2D eigenvalue weighted by molar-refractivity contribution is -0.574. The molecule has 0 unspecified atom stereocenters. The second kappa shape index (κ2) is 2.90. The van der Waals surface area contributed by atoms with Crippen molar-refractivity contribution in [3.8, 4) is 0 Å². The minimum absolute atomic E-state index is 1.67. The standard InChI is InChI=1S/CF5NO2/c2-1(3,8-6)9-7(4)5. The fraction of sp³-hybridized carbons (Fsp3) is 1.00. The first-order valence-electron chi connectivity index (χ1n) is 1.46. The average molecular weight is 153 g/mol. The maximum Gasteiger partial charge on any atom is 0.537 e. The molecule has 0 aliphatic rings. The molecular weight excluding hydrogens is 153 g/mol. The molecule has 0 fully saturated rings. The van der Waals surface area contributed by atoms with Crippen molar-refractivity contribution < 1.29 is 32.0 Å². The summed E-state index contributed by atoms with van der Waals surface area (Å²) in [4.78, 5) is 3.83. The SMILES string of the molecule is FOC(F)(F)ON(F)F. The Bertz CT molecular complexity index is 85.0. The summed E-state index contributed by atoms with van der Waals surface area (Å²) >= 11 is 0. The molecule has 0 spiro atoms. The lowest BCUT2D eigenvalue weighted by atomic mass is 11.3. The largest absolute Gasteiger partial charge is 0.537 e. The van der Waals surface area contributed by atoms with Gasteiger partial charge in [-0.25, -0.2) is 0 Å². The molecule has 0 rings (SSSR count). The predicted octanol–water partition coefficient (Wildman–Crippen LogP) is 1.44. The van der Waals surface area contributed by atoms with Crippen LogP contribution >= 0.6 is 0 Å². The lowest BCUT2D eigenvalue weighted by Crippen LogP contribution is -2.25. The smallest absolute Gasteiger partial charge is 0.144 e. The van der Waals surface area contributed by atoms with E-state index >= 15 is 0 Å². The summed E-state index contributed by atoms with van der Waals surface area (Å²) in [5, 5.41) is 0. The van der Waals surface area contributed by atoms with Crippen molar-refractivity contribution in [2.75, 3.05) is 0 Å². The first-order chi connectivity index (χ1) is 3.98. The first kappa shape index (κ1) is 8.53. The maximum absolute atomic E-state index is 11.1. The van der Waals surface area contributed by atoms with Crippen LogP contribution in [0.3, 0.4) is 0 Å². The van der Waals surface area contributed by atoms with Gasteiger partial charge in [0.25, 0.3) is 0 Å². The summed E-state index contributed by atoms with van der Waals surface area (Å²) in [5.41, 5.74) is -2.38. The molecule has 56 valence electrons. The molecule has 0 saturated carbocycles. The second-order valence-electron chi connectivity index (χ2n) is 0.834.